The van der Waals surface area contributed by atoms with Gasteiger partial charge in [-0.15, -0.1) is 0 Å². The van der Waals surface area contributed by atoms with Crippen LogP contribution in [0.4, 0.5) is 8.78 Å². The highest BCUT2D eigenvalue weighted by molar-refractivity contribution is 6.09. The third kappa shape index (κ3) is 3.95. The Bertz CT molecular complexity index is 817. The van der Waals surface area contributed by atoms with Gasteiger partial charge in [-0.25, -0.2) is 13.6 Å². The summed E-state index contributed by atoms with van der Waals surface area (Å²) >= 11 is 0. The van der Waals surface area contributed by atoms with E-state index in [0.29, 0.717) is 23.4 Å². The van der Waals surface area contributed by atoms with Crippen LogP contribution in [0, 0.1) is 6.92 Å². The van der Waals surface area contributed by atoms with Crippen LogP contribution >= 0.6 is 0 Å². The maximum absolute atomic E-state index is 12.7. The van der Waals surface area contributed by atoms with Crippen molar-refractivity contribution in [1.82, 2.24) is 9.88 Å². The number of fused-ring (bicyclic) bond motifs is 1. The number of carboxylic acids is 1. The average Bonchev–Trinajstić information content (AvgIpc) is 2.85. The Morgan fingerprint density at radius 1 is 1.35 bits per heavy atom. The number of aliphatic carboxylic acids is 1. The second-order valence-corrected chi connectivity index (χ2v) is 5.99. The highest BCUT2D eigenvalue weighted by Crippen LogP contribution is 2.30. The number of ether oxygens (including phenoxy) is 1. The standard InChI is InChI=1S/C18H22F2N2O4/c1-4-7-22-10(2)16(12-8-11(26-3)5-6-14(12)22)17(23)21-13(18(24)25)9-15(19)20/h5-6,8,13,15H,4,7,9H2,1-3H3,(H,21,23)(H,24,25). The highest BCUT2D eigenvalue weighted by Gasteiger charge is 2.27. The number of halogens is 2. The number of hydrogen-bond acceptors (Lipinski definition) is 3. The Morgan fingerprint density at radius 2 is 2.04 bits per heavy atom. The van der Waals surface area contributed by atoms with Crippen molar-refractivity contribution in [3.63, 3.8) is 0 Å². The number of aromatic nitrogens is 1. The second-order valence-electron chi connectivity index (χ2n) is 5.99. The van der Waals surface area contributed by atoms with Gasteiger partial charge in [-0.2, -0.15) is 0 Å². The van der Waals surface area contributed by atoms with Gasteiger partial charge in [0.15, 0.2) is 0 Å². The van der Waals surface area contributed by atoms with Crippen molar-refractivity contribution in [1.29, 1.82) is 0 Å². The first-order valence-corrected chi connectivity index (χ1v) is 8.28. The summed E-state index contributed by atoms with van der Waals surface area (Å²) < 4.78 is 32.4. The zero-order valence-electron chi connectivity index (χ0n) is 14.9. The van der Waals surface area contributed by atoms with Crippen molar-refractivity contribution in [2.24, 2.45) is 0 Å². The molecule has 1 unspecified atom stereocenters. The Kier molecular flexibility index (Phi) is 6.18. The minimum atomic E-state index is -2.83. The molecular formula is C18H22F2N2O4. The molecule has 1 amide bonds. The lowest BCUT2D eigenvalue weighted by Gasteiger charge is -2.14. The molecule has 2 rings (SSSR count). The largest absolute Gasteiger partial charge is 0.497 e. The van der Waals surface area contributed by atoms with E-state index in [4.69, 9.17) is 9.84 Å². The molecule has 1 aromatic heterocycles. The Balaban J connectivity index is 2.51. The van der Waals surface area contributed by atoms with E-state index in [1.54, 1.807) is 19.1 Å². The van der Waals surface area contributed by atoms with Crippen LogP contribution in [0.25, 0.3) is 10.9 Å². The molecule has 2 N–H and O–H groups in total. The molecule has 6 nitrogen and oxygen atoms in total. The van der Waals surface area contributed by atoms with Gasteiger partial charge in [0, 0.05) is 29.6 Å². The monoisotopic (exact) mass is 368 g/mol. The van der Waals surface area contributed by atoms with Gasteiger partial charge >= 0.3 is 5.97 Å². The van der Waals surface area contributed by atoms with Crippen molar-refractivity contribution in [3.05, 3.63) is 29.5 Å². The first kappa shape index (κ1) is 19.7. The minimum absolute atomic E-state index is 0.271. The summed E-state index contributed by atoms with van der Waals surface area (Å²) in [6, 6.07) is 3.62. The number of carbonyl (C=O) groups excluding carboxylic acids is 1. The van der Waals surface area contributed by atoms with E-state index in [1.807, 2.05) is 17.6 Å². The number of rotatable bonds is 8. The molecular weight excluding hydrogens is 346 g/mol. The number of alkyl halides is 2. The summed E-state index contributed by atoms with van der Waals surface area (Å²) in [6.07, 6.45) is -2.95. The lowest BCUT2D eigenvalue weighted by molar-refractivity contribution is -0.140. The predicted molar refractivity (Wildman–Crippen MR) is 93.0 cm³/mol. The molecule has 0 aliphatic carbocycles. The predicted octanol–water partition coefficient (Wildman–Crippen LogP) is 3.21. The number of methoxy groups -OCH3 is 1. The van der Waals surface area contributed by atoms with Crippen molar-refractivity contribution in [2.75, 3.05) is 7.11 Å². The molecule has 142 valence electrons. The van der Waals surface area contributed by atoms with Crippen LogP contribution in [0.5, 0.6) is 5.75 Å². The van der Waals surface area contributed by atoms with Crippen molar-refractivity contribution in [2.45, 2.75) is 45.7 Å². The summed E-state index contributed by atoms with van der Waals surface area (Å²) in [7, 11) is 1.50. The molecule has 8 heteroatoms. The van der Waals surface area contributed by atoms with Crippen LogP contribution in [-0.4, -0.2) is 41.1 Å². The van der Waals surface area contributed by atoms with Crippen molar-refractivity contribution >= 4 is 22.8 Å². The number of aryl methyl sites for hydroxylation is 1. The number of nitrogens with zero attached hydrogens (tertiary/aromatic N) is 1. The summed E-state index contributed by atoms with van der Waals surface area (Å²) in [6.45, 7) is 4.42. The number of amides is 1. The van der Waals surface area contributed by atoms with E-state index < -0.39 is 30.8 Å². The van der Waals surface area contributed by atoms with Crippen LogP contribution in [0.1, 0.15) is 35.8 Å². The molecule has 0 saturated carbocycles. The third-order valence-corrected chi connectivity index (χ3v) is 4.22. The summed E-state index contributed by atoms with van der Waals surface area (Å²) in [4.78, 5) is 23.9. The highest BCUT2D eigenvalue weighted by atomic mass is 19.3. The topological polar surface area (TPSA) is 80.6 Å². The number of hydrogen-bond donors (Lipinski definition) is 2. The molecule has 1 atom stereocenters. The molecule has 0 fully saturated rings. The fourth-order valence-electron chi connectivity index (χ4n) is 3.02. The molecule has 0 spiro atoms. The van der Waals surface area contributed by atoms with Crippen LogP contribution in [-0.2, 0) is 11.3 Å². The van der Waals surface area contributed by atoms with E-state index in [2.05, 4.69) is 5.32 Å². The first-order valence-electron chi connectivity index (χ1n) is 8.28. The third-order valence-electron chi connectivity index (χ3n) is 4.22. The molecule has 1 heterocycles. The molecule has 0 aliphatic heterocycles. The van der Waals surface area contributed by atoms with Crippen molar-refractivity contribution < 1.29 is 28.2 Å². The van der Waals surface area contributed by atoms with E-state index in [1.165, 1.54) is 7.11 Å². The van der Waals surface area contributed by atoms with E-state index in [9.17, 15) is 18.4 Å². The quantitative estimate of drug-likeness (QED) is 0.750. The number of nitrogens with one attached hydrogen (secondary N) is 1. The normalized spacial score (nSPS) is 12.4. The van der Waals surface area contributed by atoms with Gasteiger partial charge in [-0.1, -0.05) is 6.92 Å². The number of carboxylic acid groups (broad SMARTS) is 1. The van der Waals surface area contributed by atoms with E-state index in [0.717, 1.165) is 11.9 Å². The van der Waals surface area contributed by atoms with Gasteiger partial charge in [0.2, 0.25) is 6.43 Å². The molecule has 0 aliphatic rings. The van der Waals surface area contributed by atoms with Gasteiger partial charge in [-0.05, 0) is 31.5 Å². The van der Waals surface area contributed by atoms with Gasteiger partial charge in [0.05, 0.1) is 12.7 Å². The van der Waals surface area contributed by atoms with Crippen LogP contribution in [0.15, 0.2) is 18.2 Å². The number of carbonyl (C=O) groups is 2. The van der Waals surface area contributed by atoms with Gasteiger partial charge < -0.3 is 19.7 Å². The lowest BCUT2D eigenvalue weighted by Crippen LogP contribution is -2.42. The molecule has 26 heavy (non-hydrogen) atoms. The maximum Gasteiger partial charge on any atom is 0.326 e. The van der Waals surface area contributed by atoms with Gasteiger partial charge in [-0.3, -0.25) is 4.79 Å². The molecule has 1 aromatic carbocycles. The zero-order valence-corrected chi connectivity index (χ0v) is 14.9. The molecule has 0 saturated heterocycles. The molecule has 2 aromatic rings. The SMILES string of the molecule is CCCn1c(C)c(C(=O)NC(CC(F)F)C(=O)O)c2cc(OC)ccc21. The molecule has 0 bridgehead atoms. The first-order chi connectivity index (χ1) is 12.3. The van der Waals surface area contributed by atoms with E-state index >= 15 is 0 Å². The number of benzene rings is 1. The van der Waals surface area contributed by atoms with Gasteiger partial charge in [0.25, 0.3) is 5.91 Å². The van der Waals surface area contributed by atoms with Crippen molar-refractivity contribution in [3.8, 4) is 5.75 Å². The maximum atomic E-state index is 12.7. The average molecular weight is 368 g/mol. The minimum Gasteiger partial charge on any atom is -0.497 e. The summed E-state index contributed by atoms with van der Waals surface area (Å²) in [5.41, 5.74) is 1.72. The Morgan fingerprint density at radius 3 is 2.58 bits per heavy atom. The van der Waals surface area contributed by atoms with Crippen LogP contribution < -0.4 is 10.1 Å². The summed E-state index contributed by atoms with van der Waals surface area (Å²) in [5, 5.41) is 11.9. The van der Waals surface area contributed by atoms with Gasteiger partial charge in [0.1, 0.15) is 11.8 Å². The Labute approximate surface area is 149 Å². The second kappa shape index (κ2) is 8.16. The van der Waals surface area contributed by atoms with Crippen LogP contribution in [0.3, 0.4) is 0 Å². The summed E-state index contributed by atoms with van der Waals surface area (Å²) in [5.74, 6) is -1.64. The van der Waals surface area contributed by atoms with Crippen LogP contribution in [0.2, 0.25) is 0 Å². The fourth-order valence-corrected chi connectivity index (χ4v) is 3.02. The lowest BCUT2D eigenvalue weighted by atomic mass is 10.1. The zero-order chi connectivity index (χ0) is 19.4. The molecule has 0 radical (unpaired) electrons. The fraction of sp³-hybridized carbons (Fsp3) is 0.444. The smallest absolute Gasteiger partial charge is 0.326 e. The van der Waals surface area contributed by atoms with E-state index in [-0.39, 0.29) is 5.56 Å². The Hall–Kier alpha value is -2.64.